The van der Waals surface area contributed by atoms with E-state index >= 15 is 0 Å². The summed E-state index contributed by atoms with van der Waals surface area (Å²) in [6, 6.07) is 3.54. The van der Waals surface area contributed by atoms with E-state index < -0.39 is 5.97 Å². The smallest absolute Gasteiger partial charge is 0.313 e. The number of hydrogen-bond acceptors (Lipinski definition) is 8. The molecule has 8 nitrogen and oxygen atoms in total. The summed E-state index contributed by atoms with van der Waals surface area (Å²) in [5.74, 6) is 1.14. The molecule has 0 spiro atoms. The van der Waals surface area contributed by atoms with Crippen molar-refractivity contribution in [3.05, 3.63) is 24.3 Å². The number of ketones is 1. The Morgan fingerprint density at radius 3 is 2.80 bits per heavy atom. The number of hydrogen-bond donors (Lipinski definition) is 0. The molecule has 1 aliphatic rings. The molecule has 2 aromatic rings. The first-order valence-corrected chi connectivity index (χ1v) is 8.42. The van der Waals surface area contributed by atoms with Crippen LogP contribution in [0.4, 0.5) is 0 Å². The van der Waals surface area contributed by atoms with Gasteiger partial charge in [0.25, 0.3) is 5.89 Å². The van der Waals surface area contributed by atoms with Crippen molar-refractivity contribution >= 4 is 11.8 Å². The van der Waals surface area contributed by atoms with Crippen LogP contribution in [0.15, 0.2) is 27.2 Å². The Morgan fingerprint density at radius 2 is 2.12 bits per heavy atom. The van der Waals surface area contributed by atoms with Gasteiger partial charge in [-0.15, -0.1) is 10.2 Å². The molecule has 0 amide bonds. The van der Waals surface area contributed by atoms with E-state index in [0.29, 0.717) is 24.1 Å². The number of furan rings is 1. The van der Waals surface area contributed by atoms with E-state index in [-0.39, 0.29) is 24.7 Å². The number of rotatable bonds is 7. The van der Waals surface area contributed by atoms with Crippen molar-refractivity contribution in [2.24, 2.45) is 0 Å². The van der Waals surface area contributed by atoms with Gasteiger partial charge in [0.2, 0.25) is 5.89 Å². The fourth-order valence-corrected chi connectivity index (χ4v) is 2.92. The molecule has 1 saturated heterocycles. The van der Waals surface area contributed by atoms with Gasteiger partial charge in [0.05, 0.1) is 19.4 Å². The number of esters is 1. The van der Waals surface area contributed by atoms with Gasteiger partial charge in [0, 0.05) is 5.92 Å². The second-order valence-corrected chi connectivity index (χ2v) is 5.99. The number of Topliss-reactive ketones (excluding diaryl/α,β-unsaturated/α-hetero) is 1. The largest absolute Gasteiger partial charge is 0.466 e. The zero-order chi connectivity index (χ0) is 17.6. The average molecular weight is 347 g/mol. The summed E-state index contributed by atoms with van der Waals surface area (Å²) < 4.78 is 15.7. The molecule has 8 heteroatoms. The first-order valence-electron chi connectivity index (χ1n) is 8.42. The van der Waals surface area contributed by atoms with Gasteiger partial charge in [-0.05, 0) is 45.0 Å². The molecule has 0 aliphatic carbocycles. The van der Waals surface area contributed by atoms with E-state index in [9.17, 15) is 9.59 Å². The summed E-state index contributed by atoms with van der Waals surface area (Å²) in [4.78, 5) is 25.3. The molecule has 0 unspecified atom stereocenters. The number of ether oxygens (including phenoxy) is 1. The first kappa shape index (κ1) is 17.3. The van der Waals surface area contributed by atoms with Crippen molar-refractivity contribution in [1.82, 2.24) is 15.1 Å². The Labute approximate surface area is 145 Å². The lowest BCUT2D eigenvalue weighted by molar-refractivity contribution is -0.145. The summed E-state index contributed by atoms with van der Waals surface area (Å²) >= 11 is 0. The van der Waals surface area contributed by atoms with Crippen LogP contribution in [-0.2, 0) is 14.3 Å². The maximum absolute atomic E-state index is 11.9. The number of carbonyl (C=O) groups is 2. The van der Waals surface area contributed by atoms with Crippen molar-refractivity contribution < 1.29 is 23.2 Å². The zero-order valence-electron chi connectivity index (χ0n) is 14.1. The van der Waals surface area contributed by atoms with Crippen LogP contribution in [0.2, 0.25) is 0 Å². The minimum Gasteiger partial charge on any atom is -0.466 e. The van der Waals surface area contributed by atoms with Crippen molar-refractivity contribution in [1.29, 1.82) is 0 Å². The molecular formula is C17H21N3O5. The zero-order valence-corrected chi connectivity index (χ0v) is 14.1. The van der Waals surface area contributed by atoms with Crippen molar-refractivity contribution in [2.75, 3.05) is 26.2 Å². The molecule has 2 aromatic heterocycles. The molecule has 0 bridgehead atoms. The Morgan fingerprint density at radius 1 is 1.32 bits per heavy atom. The molecule has 3 heterocycles. The molecule has 1 fully saturated rings. The maximum Gasteiger partial charge on any atom is 0.313 e. The lowest BCUT2D eigenvalue weighted by Gasteiger charge is -2.29. The summed E-state index contributed by atoms with van der Waals surface area (Å²) in [5.41, 5.74) is 0. The lowest BCUT2D eigenvalue weighted by atomic mass is 9.96. The van der Waals surface area contributed by atoms with Crippen LogP contribution >= 0.6 is 0 Å². The molecule has 0 saturated carbocycles. The van der Waals surface area contributed by atoms with Gasteiger partial charge in [0.15, 0.2) is 11.5 Å². The lowest BCUT2D eigenvalue weighted by Crippen LogP contribution is -2.37. The second-order valence-electron chi connectivity index (χ2n) is 5.99. The third-order valence-corrected chi connectivity index (χ3v) is 4.16. The van der Waals surface area contributed by atoms with Gasteiger partial charge < -0.3 is 13.6 Å². The van der Waals surface area contributed by atoms with Crippen LogP contribution in [0.1, 0.15) is 38.0 Å². The summed E-state index contributed by atoms with van der Waals surface area (Å²) in [5, 5.41) is 8.14. The van der Waals surface area contributed by atoms with Crippen molar-refractivity contribution in [3.63, 3.8) is 0 Å². The predicted octanol–water partition coefficient (Wildman–Crippen LogP) is 2.03. The minimum atomic E-state index is -0.460. The summed E-state index contributed by atoms with van der Waals surface area (Å²) in [6.07, 6.45) is 3.05. The Bertz CT molecular complexity index is 702. The predicted molar refractivity (Wildman–Crippen MR) is 86.7 cm³/mol. The van der Waals surface area contributed by atoms with Crippen LogP contribution in [0, 0.1) is 0 Å². The molecule has 0 N–H and O–H groups in total. The fourth-order valence-electron chi connectivity index (χ4n) is 2.92. The van der Waals surface area contributed by atoms with Crippen molar-refractivity contribution in [2.45, 2.75) is 32.1 Å². The van der Waals surface area contributed by atoms with Gasteiger partial charge in [-0.3, -0.25) is 14.5 Å². The van der Waals surface area contributed by atoms with E-state index in [1.54, 1.807) is 25.3 Å². The summed E-state index contributed by atoms with van der Waals surface area (Å²) in [7, 11) is 0. The molecule has 0 radical (unpaired) electrons. The molecule has 0 atom stereocenters. The first-order chi connectivity index (χ1) is 12.2. The number of likely N-dealkylation sites (tertiary alicyclic amines) is 1. The summed E-state index contributed by atoms with van der Waals surface area (Å²) in [6.45, 7) is 3.78. The van der Waals surface area contributed by atoms with Crippen LogP contribution in [0.25, 0.3) is 11.7 Å². The number of piperidine rings is 1. The van der Waals surface area contributed by atoms with Crippen LogP contribution in [-0.4, -0.2) is 53.1 Å². The SMILES string of the molecule is CCOC(=O)CC(=O)CN1CCC(c2nnc(-c3ccco3)o2)CC1. The molecular weight excluding hydrogens is 326 g/mol. The Balaban J connectivity index is 1.47. The highest BCUT2D eigenvalue weighted by molar-refractivity contribution is 5.96. The standard InChI is InChI=1S/C17H21N3O5/c1-2-23-15(22)10-13(21)11-20-7-5-12(6-8-20)16-18-19-17(25-16)14-4-3-9-24-14/h3-4,9,12H,2,5-8,10-11H2,1H3. The third kappa shape index (κ3) is 4.54. The normalized spacial score (nSPS) is 16.0. The maximum atomic E-state index is 11.9. The average Bonchev–Trinajstić information content (AvgIpc) is 3.27. The van der Waals surface area contributed by atoms with Crippen LogP contribution < -0.4 is 0 Å². The van der Waals surface area contributed by atoms with Gasteiger partial charge in [-0.25, -0.2) is 0 Å². The highest BCUT2D eigenvalue weighted by atomic mass is 16.5. The van der Waals surface area contributed by atoms with Crippen LogP contribution in [0.5, 0.6) is 0 Å². The van der Waals surface area contributed by atoms with E-state index in [1.807, 2.05) is 4.90 Å². The van der Waals surface area contributed by atoms with Gasteiger partial charge in [-0.2, -0.15) is 0 Å². The molecule has 134 valence electrons. The monoisotopic (exact) mass is 347 g/mol. The number of nitrogens with zero attached hydrogens (tertiary/aromatic N) is 3. The van der Waals surface area contributed by atoms with E-state index in [2.05, 4.69) is 10.2 Å². The molecule has 1 aliphatic heterocycles. The highest BCUT2D eigenvalue weighted by Crippen LogP contribution is 2.29. The van der Waals surface area contributed by atoms with E-state index in [1.165, 1.54) is 0 Å². The Kier molecular flexibility index (Phi) is 5.60. The Hall–Kier alpha value is -2.48. The van der Waals surface area contributed by atoms with Gasteiger partial charge in [-0.1, -0.05) is 0 Å². The highest BCUT2D eigenvalue weighted by Gasteiger charge is 2.27. The van der Waals surface area contributed by atoms with Gasteiger partial charge >= 0.3 is 5.97 Å². The minimum absolute atomic E-state index is 0.116. The number of aromatic nitrogens is 2. The van der Waals surface area contributed by atoms with Gasteiger partial charge in [0.1, 0.15) is 6.42 Å². The third-order valence-electron chi connectivity index (χ3n) is 4.16. The van der Waals surface area contributed by atoms with Crippen LogP contribution in [0.3, 0.4) is 0 Å². The number of carbonyl (C=O) groups excluding carboxylic acids is 2. The van der Waals surface area contributed by atoms with E-state index in [0.717, 1.165) is 25.9 Å². The van der Waals surface area contributed by atoms with E-state index in [4.69, 9.17) is 13.6 Å². The van der Waals surface area contributed by atoms with Crippen molar-refractivity contribution in [3.8, 4) is 11.7 Å². The molecule has 25 heavy (non-hydrogen) atoms. The molecule has 0 aromatic carbocycles. The molecule has 3 rings (SSSR count). The second kappa shape index (κ2) is 8.06. The quantitative estimate of drug-likeness (QED) is 0.554. The fraction of sp³-hybridized carbons (Fsp3) is 0.529. The topological polar surface area (TPSA) is 98.7 Å².